The van der Waals surface area contributed by atoms with Gasteiger partial charge in [-0.1, -0.05) is 12.1 Å². The highest BCUT2D eigenvalue weighted by molar-refractivity contribution is 7.89. The minimum absolute atomic E-state index is 0.0745. The summed E-state index contributed by atoms with van der Waals surface area (Å²) in [5, 5.41) is 6.59. The lowest BCUT2D eigenvalue weighted by Crippen LogP contribution is -2.38. The Bertz CT molecular complexity index is 680. The molecule has 1 aromatic carbocycles. The second-order valence-electron chi connectivity index (χ2n) is 6.78. The standard InChI is InChI=1S/C18H30N4O2S/c1-5-19-18(20-12-15-6-7-15)21-13-16-8-10-17(11-9-16)25(23,24)22(4)14(2)3/h8-11,14-15H,5-7,12-13H2,1-4H3,(H2,19,20,21). The number of nitrogens with zero attached hydrogens (tertiary/aromatic N) is 2. The van der Waals surface area contributed by atoms with Gasteiger partial charge in [-0.05, 0) is 57.2 Å². The molecule has 0 heterocycles. The molecule has 7 heteroatoms. The summed E-state index contributed by atoms with van der Waals surface area (Å²) in [6.45, 7) is 8.05. The van der Waals surface area contributed by atoms with Crippen molar-refractivity contribution in [1.82, 2.24) is 14.9 Å². The normalized spacial score (nSPS) is 15.7. The van der Waals surface area contributed by atoms with Crippen molar-refractivity contribution in [3.63, 3.8) is 0 Å². The number of rotatable bonds is 8. The van der Waals surface area contributed by atoms with E-state index in [1.807, 2.05) is 32.9 Å². The van der Waals surface area contributed by atoms with Crippen molar-refractivity contribution in [2.75, 3.05) is 20.1 Å². The highest BCUT2D eigenvalue weighted by atomic mass is 32.2. The molecule has 2 rings (SSSR count). The van der Waals surface area contributed by atoms with Gasteiger partial charge < -0.3 is 10.6 Å². The van der Waals surface area contributed by atoms with E-state index in [9.17, 15) is 8.42 Å². The van der Waals surface area contributed by atoms with Crippen molar-refractivity contribution < 1.29 is 8.42 Å². The molecule has 0 spiro atoms. The van der Waals surface area contributed by atoms with Crippen molar-refractivity contribution in [2.24, 2.45) is 10.9 Å². The largest absolute Gasteiger partial charge is 0.357 e. The Balaban J connectivity index is 2.01. The van der Waals surface area contributed by atoms with Crippen LogP contribution in [0.25, 0.3) is 0 Å². The van der Waals surface area contributed by atoms with Gasteiger partial charge in [-0.25, -0.2) is 13.4 Å². The molecule has 1 fully saturated rings. The van der Waals surface area contributed by atoms with Gasteiger partial charge in [0.1, 0.15) is 0 Å². The summed E-state index contributed by atoms with van der Waals surface area (Å²) in [6.07, 6.45) is 2.60. The summed E-state index contributed by atoms with van der Waals surface area (Å²) in [7, 11) is -1.83. The SMILES string of the molecule is CCNC(=NCc1ccc(S(=O)(=O)N(C)C(C)C)cc1)NCC1CC1. The third kappa shape index (κ3) is 5.71. The quantitative estimate of drug-likeness (QED) is 0.546. The molecule has 0 atom stereocenters. The van der Waals surface area contributed by atoms with Crippen molar-refractivity contribution in [2.45, 2.75) is 51.1 Å². The fraction of sp³-hybridized carbons (Fsp3) is 0.611. The van der Waals surface area contributed by atoms with Gasteiger partial charge in [-0.15, -0.1) is 0 Å². The summed E-state index contributed by atoms with van der Waals surface area (Å²) < 4.78 is 26.3. The maximum Gasteiger partial charge on any atom is 0.243 e. The summed E-state index contributed by atoms with van der Waals surface area (Å²) in [5.74, 6) is 1.59. The topological polar surface area (TPSA) is 73.8 Å². The fourth-order valence-electron chi connectivity index (χ4n) is 2.29. The molecule has 0 aromatic heterocycles. The highest BCUT2D eigenvalue weighted by Gasteiger charge is 2.23. The van der Waals surface area contributed by atoms with E-state index in [1.54, 1.807) is 19.2 Å². The third-order valence-electron chi connectivity index (χ3n) is 4.35. The van der Waals surface area contributed by atoms with Crippen molar-refractivity contribution >= 4 is 16.0 Å². The van der Waals surface area contributed by atoms with E-state index < -0.39 is 10.0 Å². The molecule has 0 bridgehead atoms. The number of aliphatic imine (C=N–C) groups is 1. The zero-order chi connectivity index (χ0) is 18.4. The van der Waals surface area contributed by atoms with Gasteiger partial charge in [0.15, 0.2) is 5.96 Å². The predicted molar refractivity (Wildman–Crippen MR) is 102 cm³/mol. The Morgan fingerprint density at radius 2 is 1.88 bits per heavy atom. The van der Waals surface area contributed by atoms with Crippen LogP contribution in [-0.4, -0.2) is 44.9 Å². The summed E-state index contributed by atoms with van der Waals surface area (Å²) in [4.78, 5) is 4.89. The Morgan fingerprint density at radius 3 is 2.40 bits per heavy atom. The van der Waals surface area contributed by atoms with Gasteiger partial charge in [-0.2, -0.15) is 4.31 Å². The molecule has 0 saturated heterocycles. The Kier molecular flexibility index (Phi) is 6.84. The number of guanidine groups is 1. The van der Waals surface area contributed by atoms with Crippen LogP contribution in [0.1, 0.15) is 39.2 Å². The van der Waals surface area contributed by atoms with Crippen molar-refractivity contribution in [3.8, 4) is 0 Å². The van der Waals surface area contributed by atoms with E-state index in [1.165, 1.54) is 17.1 Å². The molecule has 2 N–H and O–H groups in total. The summed E-state index contributed by atoms with van der Waals surface area (Å²) in [6, 6.07) is 6.89. The van der Waals surface area contributed by atoms with Crippen LogP contribution in [0.5, 0.6) is 0 Å². The molecule has 140 valence electrons. The Labute approximate surface area is 151 Å². The molecule has 1 aliphatic rings. The predicted octanol–water partition coefficient (Wildman–Crippen LogP) is 2.18. The van der Waals surface area contributed by atoms with Gasteiger partial charge >= 0.3 is 0 Å². The first-order valence-electron chi connectivity index (χ1n) is 8.93. The maximum atomic E-state index is 12.5. The lowest BCUT2D eigenvalue weighted by atomic mass is 10.2. The van der Waals surface area contributed by atoms with Crippen LogP contribution >= 0.6 is 0 Å². The van der Waals surface area contributed by atoms with E-state index in [0.717, 1.165) is 30.5 Å². The van der Waals surface area contributed by atoms with Crippen LogP contribution in [-0.2, 0) is 16.6 Å². The lowest BCUT2D eigenvalue weighted by molar-refractivity contribution is 0.410. The number of sulfonamides is 1. The van der Waals surface area contributed by atoms with Gasteiger partial charge in [-0.3, -0.25) is 0 Å². The molecule has 0 amide bonds. The zero-order valence-electron chi connectivity index (χ0n) is 15.6. The van der Waals surface area contributed by atoms with Gasteiger partial charge in [0.2, 0.25) is 10.0 Å². The van der Waals surface area contributed by atoms with Crippen LogP contribution in [0, 0.1) is 5.92 Å². The van der Waals surface area contributed by atoms with Crippen molar-refractivity contribution in [1.29, 1.82) is 0 Å². The lowest BCUT2D eigenvalue weighted by Gasteiger charge is -2.21. The minimum Gasteiger partial charge on any atom is -0.357 e. The van der Waals surface area contributed by atoms with Gasteiger partial charge in [0.25, 0.3) is 0 Å². The highest BCUT2D eigenvalue weighted by Crippen LogP contribution is 2.27. The monoisotopic (exact) mass is 366 g/mol. The summed E-state index contributed by atoms with van der Waals surface area (Å²) >= 11 is 0. The van der Waals surface area contributed by atoms with E-state index >= 15 is 0 Å². The molecular formula is C18H30N4O2S. The Morgan fingerprint density at radius 1 is 1.24 bits per heavy atom. The first kappa shape index (κ1) is 19.7. The molecule has 25 heavy (non-hydrogen) atoms. The first-order valence-corrected chi connectivity index (χ1v) is 10.4. The second-order valence-corrected chi connectivity index (χ2v) is 8.78. The number of hydrogen-bond acceptors (Lipinski definition) is 3. The van der Waals surface area contributed by atoms with Crippen LogP contribution in [0.4, 0.5) is 0 Å². The van der Waals surface area contributed by atoms with E-state index in [0.29, 0.717) is 11.4 Å². The zero-order valence-corrected chi connectivity index (χ0v) is 16.4. The Hall–Kier alpha value is -1.60. The maximum absolute atomic E-state index is 12.5. The van der Waals surface area contributed by atoms with Crippen LogP contribution in [0.15, 0.2) is 34.2 Å². The number of nitrogens with one attached hydrogen (secondary N) is 2. The fourth-order valence-corrected chi connectivity index (χ4v) is 3.65. The molecule has 1 saturated carbocycles. The van der Waals surface area contributed by atoms with E-state index in [2.05, 4.69) is 15.6 Å². The molecular weight excluding hydrogens is 336 g/mol. The third-order valence-corrected chi connectivity index (χ3v) is 6.39. The molecule has 0 unspecified atom stereocenters. The minimum atomic E-state index is -3.43. The van der Waals surface area contributed by atoms with Crippen LogP contribution < -0.4 is 10.6 Å². The van der Waals surface area contributed by atoms with E-state index in [-0.39, 0.29) is 6.04 Å². The van der Waals surface area contributed by atoms with Crippen LogP contribution in [0.2, 0.25) is 0 Å². The molecule has 0 radical (unpaired) electrons. The number of benzene rings is 1. The van der Waals surface area contributed by atoms with Crippen LogP contribution in [0.3, 0.4) is 0 Å². The molecule has 1 aromatic rings. The smallest absolute Gasteiger partial charge is 0.243 e. The van der Waals surface area contributed by atoms with Gasteiger partial charge in [0.05, 0.1) is 11.4 Å². The molecule has 1 aliphatic carbocycles. The molecule has 0 aliphatic heterocycles. The average Bonchev–Trinajstić information content (AvgIpc) is 3.41. The number of hydrogen-bond donors (Lipinski definition) is 2. The molecule has 6 nitrogen and oxygen atoms in total. The van der Waals surface area contributed by atoms with E-state index in [4.69, 9.17) is 0 Å². The van der Waals surface area contributed by atoms with Crippen molar-refractivity contribution in [3.05, 3.63) is 29.8 Å². The average molecular weight is 367 g/mol. The first-order chi connectivity index (χ1) is 11.8. The second kappa shape index (κ2) is 8.67. The summed E-state index contributed by atoms with van der Waals surface area (Å²) in [5.41, 5.74) is 0.981. The van der Waals surface area contributed by atoms with Gasteiger partial charge in [0, 0.05) is 26.2 Å².